The molecule has 0 spiro atoms. The van der Waals surface area contributed by atoms with Crippen LogP contribution in [0.4, 0.5) is 5.69 Å². The van der Waals surface area contributed by atoms with Gasteiger partial charge in [0.2, 0.25) is 6.41 Å². The summed E-state index contributed by atoms with van der Waals surface area (Å²) >= 11 is 0. The lowest BCUT2D eigenvalue weighted by Gasteiger charge is -2.03. The zero-order valence-electron chi connectivity index (χ0n) is 8.27. The largest absolute Gasteiger partial charge is 0.480 e. The van der Waals surface area contributed by atoms with Crippen molar-refractivity contribution in [2.75, 3.05) is 11.9 Å². The summed E-state index contributed by atoms with van der Waals surface area (Å²) in [6.45, 7) is -0.423. The van der Waals surface area contributed by atoms with Crippen LogP contribution >= 0.6 is 0 Å². The average Bonchev–Trinajstić information content (AvgIpc) is 2.27. The number of benzene rings is 1. The second-order valence-corrected chi connectivity index (χ2v) is 2.92. The molecule has 16 heavy (non-hydrogen) atoms. The molecule has 84 valence electrons. The molecule has 1 aromatic carbocycles. The molecule has 0 atom stereocenters. The van der Waals surface area contributed by atoms with E-state index in [1.54, 1.807) is 12.1 Å². The van der Waals surface area contributed by atoms with Gasteiger partial charge in [-0.25, -0.2) is 0 Å². The van der Waals surface area contributed by atoms with Gasteiger partial charge in [-0.3, -0.25) is 14.4 Å². The molecule has 6 heteroatoms. The highest BCUT2D eigenvalue weighted by atomic mass is 16.4. The van der Waals surface area contributed by atoms with Crippen molar-refractivity contribution in [1.29, 1.82) is 0 Å². The second-order valence-electron chi connectivity index (χ2n) is 2.92. The van der Waals surface area contributed by atoms with Crippen molar-refractivity contribution in [3.63, 3.8) is 0 Å². The van der Waals surface area contributed by atoms with E-state index in [4.69, 9.17) is 5.11 Å². The van der Waals surface area contributed by atoms with Crippen LogP contribution in [0, 0.1) is 0 Å². The topological polar surface area (TPSA) is 95.5 Å². The Labute approximate surface area is 91.3 Å². The van der Waals surface area contributed by atoms with Gasteiger partial charge in [0, 0.05) is 11.3 Å². The average molecular weight is 222 g/mol. The third kappa shape index (κ3) is 3.41. The minimum atomic E-state index is -1.10. The van der Waals surface area contributed by atoms with E-state index < -0.39 is 18.4 Å². The Kier molecular flexibility index (Phi) is 4.02. The predicted molar refractivity (Wildman–Crippen MR) is 56.1 cm³/mol. The first-order chi connectivity index (χ1) is 7.63. The van der Waals surface area contributed by atoms with Gasteiger partial charge in [0.05, 0.1) is 0 Å². The van der Waals surface area contributed by atoms with E-state index in [9.17, 15) is 14.4 Å². The van der Waals surface area contributed by atoms with Crippen molar-refractivity contribution in [2.45, 2.75) is 0 Å². The summed E-state index contributed by atoms with van der Waals surface area (Å²) in [6.07, 6.45) is 0.527. The summed E-state index contributed by atoms with van der Waals surface area (Å²) in [5.74, 6) is -1.58. The lowest BCUT2D eigenvalue weighted by molar-refractivity contribution is -0.135. The van der Waals surface area contributed by atoms with Gasteiger partial charge in [0.25, 0.3) is 5.91 Å². The minimum Gasteiger partial charge on any atom is -0.480 e. The van der Waals surface area contributed by atoms with Crippen LogP contribution in [0.15, 0.2) is 24.3 Å². The molecule has 0 aliphatic heterocycles. The van der Waals surface area contributed by atoms with Gasteiger partial charge in [-0.1, -0.05) is 0 Å². The van der Waals surface area contributed by atoms with Gasteiger partial charge in [0.1, 0.15) is 6.54 Å². The number of hydrogen-bond donors (Lipinski definition) is 3. The van der Waals surface area contributed by atoms with Gasteiger partial charge in [-0.05, 0) is 24.3 Å². The molecule has 0 saturated carbocycles. The van der Waals surface area contributed by atoms with E-state index in [0.29, 0.717) is 17.7 Å². The standard InChI is InChI=1S/C10H10N2O4/c13-6-12-8-3-1-7(2-4-8)10(16)11-5-9(14)15/h1-4,6H,5H2,(H,11,16)(H,12,13)(H,14,15). The van der Waals surface area contributed by atoms with E-state index >= 15 is 0 Å². The normalized spacial score (nSPS) is 9.25. The van der Waals surface area contributed by atoms with Gasteiger partial charge in [-0.2, -0.15) is 0 Å². The Morgan fingerprint density at radius 3 is 2.38 bits per heavy atom. The Morgan fingerprint density at radius 1 is 1.25 bits per heavy atom. The maximum atomic E-state index is 11.4. The summed E-state index contributed by atoms with van der Waals surface area (Å²) in [7, 11) is 0. The number of anilines is 1. The maximum absolute atomic E-state index is 11.4. The number of rotatable bonds is 5. The highest BCUT2D eigenvalue weighted by Crippen LogP contribution is 2.08. The molecular weight excluding hydrogens is 212 g/mol. The van der Waals surface area contributed by atoms with Crippen molar-refractivity contribution < 1.29 is 19.5 Å². The SMILES string of the molecule is O=CNc1ccc(C(=O)NCC(=O)O)cc1. The number of aliphatic carboxylic acids is 1. The summed E-state index contributed by atoms with van der Waals surface area (Å²) < 4.78 is 0. The summed E-state index contributed by atoms with van der Waals surface area (Å²) in [4.78, 5) is 31.7. The Morgan fingerprint density at radius 2 is 1.88 bits per heavy atom. The van der Waals surface area contributed by atoms with Crippen molar-refractivity contribution in [2.24, 2.45) is 0 Å². The van der Waals surface area contributed by atoms with E-state index in [1.165, 1.54) is 12.1 Å². The Bertz CT molecular complexity index is 400. The van der Waals surface area contributed by atoms with E-state index in [1.807, 2.05) is 0 Å². The summed E-state index contributed by atoms with van der Waals surface area (Å²) in [5, 5.41) is 13.0. The van der Waals surface area contributed by atoms with E-state index in [-0.39, 0.29) is 0 Å². The fourth-order valence-corrected chi connectivity index (χ4v) is 1.04. The molecule has 0 radical (unpaired) electrons. The van der Waals surface area contributed by atoms with Crippen LogP contribution in [-0.2, 0) is 9.59 Å². The molecule has 0 aliphatic carbocycles. The number of nitrogens with one attached hydrogen (secondary N) is 2. The molecule has 0 unspecified atom stereocenters. The molecular formula is C10H10N2O4. The molecule has 1 aromatic rings. The number of carbonyl (C=O) groups is 3. The van der Waals surface area contributed by atoms with Gasteiger partial charge >= 0.3 is 5.97 Å². The zero-order valence-corrected chi connectivity index (χ0v) is 8.27. The molecule has 0 heterocycles. The monoisotopic (exact) mass is 222 g/mol. The molecule has 1 rings (SSSR count). The summed E-state index contributed by atoms with van der Waals surface area (Å²) in [5.41, 5.74) is 0.891. The quantitative estimate of drug-likeness (QED) is 0.614. The predicted octanol–water partition coefficient (Wildman–Crippen LogP) is 0.0693. The summed E-state index contributed by atoms with van der Waals surface area (Å²) in [6, 6.07) is 6.07. The van der Waals surface area contributed by atoms with Crippen molar-refractivity contribution in [3.05, 3.63) is 29.8 Å². The zero-order chi connectivity index (χ0) is 12.0. The van der Waals surface area contributed by atoms with Crippen molar-refractivity contribution in [3.8, 4) is 0 Å². The molecule has 6 nitrogen and oxygen atoms in total. The molecule has 0 aromatic heterocycles. The number of hydrogen-bond acceptors (Lipinski definition) is 3. The van der Waals surface area contributed by atoms with Crippen LogP contribution in [0.1, 0.15) is 10.4 Å². The smallest absolute Gasteiger partial charge is 0.322 e. The van der Waals surface area contributed by atoms with Gasteiger partial charge in [0.15, 0.2) is 0 Å². The van der Waals surface area contributed by atoms with Gasteiger partial charge < -0.3 is 15.7 Å². The minimum absolute atomic E-state index is 0.331. The Balaban J connectivity index is 2.62. The van der Waals surface area contributed by atoms with E-state index in [0.717, 1.165) is 0 Å². The highest BCUT2D eigenvalue weighted by molar-refractivity contribution is 5.96. The molecule has 0 saturated heterocycles. The maximum Gasteiger partial charge on any atom is 0.322 e. The molecule has 0 fully saturated rings. The number of carboxylic acids is 1. The van der Waals surface area contributed by atoms with Crippen molar-refractivity contribution in [1.82, 2.24) is 5.32 Å². The first-order valence-corrected chi connectivity index (χ1v) is 4.43. The van der Waals surface area contributed by atoms with Crippen LogP contribution in [0.25, 0.3) is 0 Å². The third-order valence-electron chi connectivity index (χ3n) is 1.77. The van der Waals surface area contributed by atoms with Gasteiger partial charge in [-0.15, -0.1) is 0 Å². The van der Waals surface area contributed by atoms with Crippen molar-refractivity contribution >= 4 is 24.0 Å². The lowest BCUT2D eigenvalue weighted by atomic mass is 10.2. The molecule has 0 aliphatic rings. The van der Waals surface area contributed by atoms with Crippen LogP contribution in [0.5, 0.6) is 0 Å². The fourth-order valence-electron chi connectivity index (χ4n) is 1.04. The van der Waals surface area contributed by atoms with Crippen LogP contribution < -0.4 is 10.6 Å². The highest BCUT2D eigenvalue weighted by Gasteiger charge is 2.06. The first-order valence-electron chi connectivity index (χ1n) is 4.43. The fraction of sp³-hybridized carbons (Fsp3) is 0.100. The van der Waals surface area contributed by atoms with Crippen LogP contribution in [0.3, 0.4) is 0 Å². The lowest BCUT2D eigenvalue weighted by Crippen LogP contribution is -2.29. The first kappa shape index (κ1) is 11.7. The van der Waals surface area contributed by atoms with Crippen LogP contribution in [-0.4, -0.2) is 29.9 Å². The third-order valence-corrected chi connectivity index (χ3v) is 1.77. The van der Waals surface area contributed by atoms with E-state index in [2.05, 4.69) is 10.6 Å². The number of carboxylic acid groups (broad SMARTS) is 1. The number of amides is 2. The molecule has 3 N–H and O–H groups in total. The molecule has 2 amide bonds. The molecule has 0 bridgehead atoms. The second kappa shape index (κ2) is 5.50. The number of carbonyl (C=O) groups excluding carboxylic acids is 2. The Hall–Kier alpha value is -2.37. The van der Waals surface area contributed by atoms with Crippen LogP contribution in [0.2, 0.25) is 0 Å².